The van der Waals surface area contributed by atoms with Crippen molar-refractivity contribution in [2.75, 3.05) is 12.8 Å². The van der Waals surface area contributed by atoms with Crippen LogP contribution in [0.15, 0.2) is 63.9 Å². The van der Waals surface area contributed by atoms with Gasteiger partial charge in [0.25, 0.3) is 11.4 Å². The quantitative estimate of drug-likeness (QED) is 0.277. The van der Waals surface area contributed by atoms with Gasteiger partial charge in [0.2, 0.25) is 17.6 Å². The van der Waals surface area contributed by atoms with Gasteiger partial charge >= 0.3 is 0 Å². The molecule has 0 aliphatic heterocycles. The van der Waals surface area contributed by atoms with Crippen molar-refractivity contribution in [1.82, 2.24) is 25.1 Å². The second-order valence-electron chi connectivity index (χ2n) is 10.3. The molecule has 2 aromatic carbocycles. The highest BCUT2D eigenvalue weighted by atomic mass is 19.1. The average Bonchev–Trinajstić information content (AvgIpc) is 3.46. The van der Waals surface area contributed by atoms with Crippen LogP contribution < -0.4 is 21.3 Å². The zero-order chi connectivity index (χ0) is 29.9. The molecule has 0 bridgehead atoms. The van der Waals surface area contributed by atoms with Crippen molar-refractivity contribution in [2.24, 2.45) is 5.92 Å². The van der Waals surface area contributed by atoms with Crippen molar-refractivity contribution >= 4 is 17.5 Å². The summed E-state index contributed by atoms with van der Waals surface area (Å²) in [4.78, 5) is 43.3. The highest BCUT2D eigenvalue weighted by Gasteiger charge is 2.34. The number of rotatable bonds is 10. The lowest BCUT2D eigenvalue weighted by atomic mass is 9.84. The molecule has 11 nitrogen and oxygen atoms in total. The number of hydrogen-bond acceptors (Lipinski definition) is 9. The first kappa shape index (κ1) is 29.1. The van der Waals surface area contributed by atoms with E-state index in [0.29, 0.717) is 16.8 Å². The molecule has 4 rings (SSSR count). The number of nitrogens with two attached hydrogens (primary N) is 1. The third-order valence-electron chi connectivity index (χ3n) is 6.76. The Labute approximate surface area is 235 Å². The van der Waals surface area contributed by atoms with Gasteiger partial charge in [0.15, 0.2) is 17.4 Å². The van der Waals surface area contributed by atoms with Gasteiger partial charge < -0.3 is 20.2 Å². The Morgan fingerprint density at radius 1 is 1.15 bits per heavy atom. The van der Waals surface area contributed by atoms with Crippen molar-refractivity contribution in [3.8, 4) is 17.0 Å². The summed E-state index contributed by atoms with van der Waals surface area (Å²) < 4.78 is 26.3. The molecule has 1 atom stereocenters. The molecule has 214 valence electrons. The summed E-state index contributed by atoms with van der Waals surface area (Å²) in [7, 11) is 1.37. The van der Waals surface area contributed by atoms with Crippen LogP contribution in [0.5, 0.6) is 5.75 Å². The summed E-state index contributed by atoms with van der Waals surface area (Å²) in [5.41, 5.74) is 5.75. The monoisotopic (exact) mass is 562 g/mol. The minimum Gasteiger partial charge on any atom is -0.494 e. The first-order chi connectivity index (χ1) is 19.4. The fraction of sp³-hybridized carbons (Fsp3) is 0.310. The van der Waals surface area contributed by atoms with Crippen molar-refractivity contribution in [2.45, 2.75) is 45.7 Å². The van der Waals surface area contributed by atoms with Crippen LogP contribution in [-0.4, -0.2) is 44.6 Å². The van der Waals surface area contributed by atoms with Gasteiger partial charge in [-0.25, -0.2) is 9.37 Å². The molecule has 0 unspecified atom stereocenters. The fourth-order valence-corrected chi connectivity index (χ4v) is 4.28. The summed E-state index contributed by atoms with van der Waals surface area (Å²) >= 11 is 0. The van der Waals surface area contributed by atoms with E-state index in [9.17, 15) is 18.8 Å². The van der Waals surface area contributed by atoms with Crippen LogP contribution in [0.25, 0.3) is 11.3 Å². The third-order valence-corrected chi connectivity index (χ3v) is 6.76. The number of carbonyl (C=O) groups is 2. The highest BCUT2D eigenvalue weighted by molar-refractivity contribution is 5.98. The number of halogens is 1. The lowest BCUT2D eigenvalue weighted by molar-refractivity contribution is -0.122. The molecule has 4 aromatic rings. The number of aromatic nitrogens is 4. The van der Waals surface area contributed by atoms with E-state index in [1.807, 2.05) is 6.07 Å². The van der Waals surface area contributed by atoms with Gasteiger partial charge in [0, 0.05) is 0 Å². The molecule has 0 fully saturated rings. The van der Waals surface area contributed by atoms with Gasteiger partial charge in [-0.3, -0.25) is 19.0 Å². The summed E-state index contributed by atoms with van der Waals surface area (Å²) in [5, 5.41) is 10.7. The maximum absolute atomic E-state index is 14.4. The van der Waals surface area contributed by atoms with Crippen LogP contribution in [-0.2, 0) is 16.8 Å². The number of Topliss-reactive ketones (excluding diaryl/α,β-unsaturated/α-hetero) is 1. The molecule has 12 heteroatoms. The molecule has 0 spiro atoms. The van der Waals surface area contributed by atoms with Gasteiger partial charge in [-0.2, -0.15) is 0 Å². The third kappa shape index (κ3) is 6.01. The molecule has 0 saturated carbocycles. The summed E-state index contributed by atoms with van der Waals surface area (Å²) in [6, 6.07) is 12.4. The van der Waals surface area contributed by atoms with Gasteiger partial charge in [-0.05, 0) is 43.0 Å². The van der Waals surface area contributed by atoms with Crippen LogP contribution in [0.4, 0.5) is 10.2 Å². The number of carbonyl (C=O) groups excluding carboxylic acids is 2. The van der Waals surface area contributed by atoms with Crippen LogP contribution >= 0.6 is 0 Å². The maximum Gasteiger partial charge on any atom is 0.294 e. The zero-order valence-electron chi connectivity index (χ0n) is 23.3. The molecule has 2 heterocycles. The lowest BCUT2D eigenvalue weighted by Crippen LogP contribution is -2.46. The number of anilines is 1. The molecule has 2 aromatic heterocycles. The number of hydrogen-bond donors (Lipinski definition) is 2. The van der Waals surface area contributed by atoms with Crippen molar-refractivity contribution in [1.29, 1.82) is 0 Å². The normalized spacial score (nSPS) is 12.3. The lowest BCUT2D eigenvalue weighted by Gasteiger charge is -2.22. The molecule has 0 saturated heterocycles. The minimum absolute atomic E-state index is 0.0885. The van der Waals surface area contributed by atoms with E-state index in [2.05, 4.69) is 20.5 Å². The molecule has 3 N–H and O–H groups in total. The van der Waals surface area contributed by atoms with Gasteiger partial charge in [0.1, 0.15) is 6.54 Å². The Kier molecular flexibility index (Phi) is 8.31. The summed E-state index contributed by atoms with van der Waals surface area (Å²) in [6.07, 6.45) is 1.42. The first-order valence-corrected chi connectivity index (χ1v) is 12.9. The minimum atomic E-state index is -1.03. The van der Waals surface area contributed by atoms with Gasteiger partial charge in [-0.15, -0.1) is 10.2 Å². The molecule has 0 aliphatic carbocycles. The maximum atomic E-state index is 14.4. The van der Waals surface area contributed by atoms with Crippen LogP contribution in [0.1, 0.15) is 49.8 Å². The number of amides is 1. The molecule has 0 radical (unpaired) electrons. The van der Waals surface area contributed by atoms with E-state index in [0.717, 1.165) is 0 Å². The number of nitrogen functional groups attached to an aromatic ring is 1. The Bertz CT molecular complexity index is 1630. The first-order valence-electron chi connectivity index (χ1n) is 12.9. The van der Waals surface area contributed by atoms with E-state index in [1.54, 1.807) is 58.0 Å². The van der Waals surface area contributed by atoms with Crippen molar-refractivity contribution in [3.63, 3.8) is 0 Å². The molecular formula is C29H31FN6O5. The van der Waals surface area contributed by atoms with Crippen molar-refractivity contribution < 1.29 is 23.1 Å². The highest BCUT2D eigenvalue weighted by Crippen LogP contribution is 2.33. The second kappa shape index (κ2) is 11.7. The number of benzene rings is 2. The Morgan fingerprint density at radius 3 is 2.49 bits per heavy atom. The van der Waals surface area contributed by atoms with Crippen LogP contribution in [0.3, 0.4) is 0 Å². The van der Waals surface area contributed by atoms with Crippen LogP contribution in [0.2, 0.25) is 0 Å². The van der Waals surface area contributed by atoms with E-state index >= 15 is 0 Å². The number of nitrogens with one attached hydrogen (secondary N) is 1. The van der Waals surface area contributed by atoms with E-state index in [1.165, 1.54) is 30.0 Å². The predicted octanol–water partition coefficient (Wildman–Crippen LogP) is 3.37. The number of methoxy groups -OCH3 is 1. The van der Waals surface area contributed by atoms with Crippen molar-refractivity contribution in [3.05, 3.63) is 88.2 Å². The largest absolute Gasteiger partial charge is 0.494 e. The summed E-state index contributed by atoms with van der Waals surface area (Å²) in [6.45, 7) is 6.59. The Hall–Kier alpha value is -4.87. The van der Waals surface area contributed by atoms with Crippen LogP contribution in [0, 0.1) is 11.7 Å². The standard InChI is InChI=1S/C29H31FN6O5/c1-16(2)23(33-22(37)15-36-20(14-32-25(31)27(36)39)17-9-7-6-8-10-17)24(38)26-34-35-28(41-26)29(3,4)18-11-12-21(40-5)19(30)13-18/h6-14,16,23H,15H2,1-5H3,(H2,31,32)(H,33,37)/t23-/m0/s1. The number of ether oxygens (including phenoxy) is 1. The van der Waals surface area contributed by atoms with E-state index in [4.69, 9.17) is 14.9 Å². The number of nitrogens with zero attached hydrogens (tertiary/aromatic N) is 4. The Morgan fingerprint density at radius 2 is 1.85 bits per heavy atom. The smallest absolute Gasteiger partial charge is 0.294 e. The Balaban J connectivity index is 1.56. The molecule has 0 aliphatic rings. The second-order valence-corrected chi connectivity index (χ2v) is 10.3. The van der Waals surface area contributed by atoms with Gasteiger partial charge in [0.05, 0.1) is 30.5 Å². The molecule has 41 heavy (non-hydrogen) atoms. The topological polar surface area (TPSA) is 155 Å². The fourth-order valence-electron chi connectivity index (χ4n) is 4.28. The predicted molar refractivity (Wildman–Crippen MR) is 149 cm³/mol. The van der Waals surface area contributed by atoms with Gasteiger partial charge in [-0.1, -0.05) is 50.2 Å². The van der Waals surface area contributed by atoms with E-state index in [-0.39, 0.29) is 29.3 Å². The average molecular weight is 563 g/mol. The number of ketones is 1. The zero-order valence-corrected chi connectivity index (χ0v) is 23.3. The SMILES string of the molecule is COc1ccc(C(C)(C)c2nnc(C(=O)[C@@H](NC(=O)Cn3c(-c4ccccc4)cnc(N)c3=O)C(C)C)o2)cc1F. The van der Waals surface area contributed by atoms with E-state index < -0.39 is 41.1 Å². The molecular weight excluding hydrogens is 531 g/mol. The summed E-state index contributed by atoms with van der Waals surface area (Å²) in [5.74, 6) is -2.51. The molecule has 1 amide bonds.